The van der Waals surface area contributed by atoms with Gasteiger partial charge in [0.1, 0.15) is 5.52 Å². The molecule has 1 aromatic heterocycles. The van der Waals surface area contributed by atoms with Crippen molar-refractivity contribution in [3.63, 3.8) is 0 Å². The minimum Gasteiger partial charge on any atom is -0.443 e. The molecule has 3 nitrogen and oxygen atoms in total. The van der Waals surface area contributed by atoms with Crippen LogP contribution in [0.15, 0.2) is 29.0 Å². The van der Waals surface area contributed by atoms with Crippen molar-refractivity contribution in [2.75, 3.05) is 0 Å². The number of benzene rings is 1. The summed E-state index contributed by atoms with van der Waals surface area (Å²) in [4.78, 5) is 15.5. The van der Waals surface area contributed by atoms with Gasteiger partial charge in [0, 0.05) is 5.56 Å². The summed E-state index contributed by atoms with van der Waals surface area (Å²) >= 11 is 5.69. The number of ketones is 1. The van der Waals surface area contributed by atoms with E-state index in [1.807, 2.05) is 0 Å². The van der Waals surface area contributed by atoms with Gasteiger partial charge in [-0.25, -0.2) is 4.98 Å². The van der Waals surface area contributed by atoms with Gasteiger partial charge in [0.15, 0.2) is 17.8 Å². The van der Waals surface area contributed by atoms with Gasteiger partial charge in [-0.3, -0.25) is 4.79 Å². The molecule has 1 atom stereocenters. The van der Waals surface area contributed by atoms with E-state index in [1.54, 1.807) is 25.1 Å². The van der Waals surface area contributed by atoms with Crippen molar-refractivity contribution in [2.45, 2.75) is 12.3 Å². The summed E-state index contributed by atoms with van der Waals surface area (Å²) in [5.74, 6) is -0.107. The number of oxazole rings is 1. The summed E-state index contributed by atoms with van der Waals surface area (Å²) in [5.41, 5.74) is 1.90. The van der Waals surface area contributed by atoms with Gasteiger partial charge in [-0.05, 0) is 25.1 Å². The monoisotopic (exact) mass is 209 g/mol. The predicted molar refractivity (Wildman–Crippen MR) is 53.7 cm³/mol. The van der Waals surface area contributed by atoms with Crippen molar-refractivity contribution in [2.24, 2.45) is 0 Å². The second-order valence-corrected chi connectivity index (χ2v) is 3.67. The number of Topliss-reactive ketones (excluding diaryl/α,β-unsaturated/α-hetero) is 1. The molecule has 0 aliphatic rings. The van der Waals surface area contributed by atoms with Crippen molar-refractivity contribution >= 4 is 28.5 Å². The Morgan fingerprint density at radius 3 is 3.07 bits per heavy atom. The molecule has 0 aliphatic heterocycles. The second kappa shape index (κ2) is 3.42. The smallest absolute Gasteiger partial charge is 0.181 e. The third kappa shape index (κ3) is 1.51. The fraction of sp³-hybridized carbons (Fsp3) is 0.200. The van der Waals surface area contributed by atoms with Crippen LogP contribution in [0, 0.1) is 0 Å². The summed E-state index contributed by atoms with van der Waals surface area (Å²) in [7, 11) is 0. The SMILES string of the molecule is CC(Cl)C(=O)c1ccc2ncoc2c1. The van der Waals surface area contributed by atoms with Gasteiger partial charge in [-0.1, -0.05) is 0 Å². The fourth-order valence-corrected chi connectivity index (χ4v) is 1.36. The number of carbonyl (C=O) groups is 1. The van der Waals surface area contributed by atoms with Crippen LogP contribution in [0.3, 0.4) is 0 Å². The molecule has 72 valence electrons. The van der Waals surface area contributed by atoms with E-state index in [0.29, 0.717) is 11.1 Å². The minimum atomic E-state index is -0.518. The molecule has 0 radical (unpaired) electrons. The van der Waals surface area contributed by atoms with E-state index in [0.717, 1.165) is 5.52 Å². The van der Waals surface area contributed by atoms with Gasteiger partial charge in [-0.2, -0.15) is 0 Å². The zero-order valence-corrected chi connectivity index (χ0v) is 8.28. The van der Waals surface area contributed by atoms with E-state index in [9.17, 15) is 4.79 Å². The van der Waals surface area contributed by atoms with Crippen LogP contribution >= 0.6 is 11.6 Å². The number of hydrogen-bond acceptors (Lipinski definition) is 3. The number of fused-ring (bicyclic) bond motifs is 1. The Morgan fingerprint density at radius 2 is 2.36 bits per heavy atom. The highest BCUT2D eigenvalue weighted by Crippen LogP contribution is 2.16. The number of carbonyl (C=O) groups excluding carboxylic acids is 1. The number of aromatic nitrogens is 1. The first-order chi connectivity index (χ1) is 6.68. The Kier molecular flexibility index (Phi) is 2.25. The maximum absolute atomic E-state index is 11.5. The van der Waals surface area contributed by atoms with Crippen molar-refractivity contribution in [1.29, 1.82) is 0 Å². The molecule has 14 heavy (non-hydrogen) atoms. The highest BCUT2D eigenvalue weighted by Gasteiger charge is 2.13. The molecule has 0 spiro atoms. The molecule has 1 heterocycles. The van der Waals surface area contributed by atoms with E-state index in [1.165, 1.54) is 6.39 Å². The van der Waals surface area contributed by atoms with E-state index >= 15 is 0 Å². The molecular formula is C10H8ClNO2. The van der Waals surface area contributed by atoms with E-state index in [4.69, 9.17) is 16.0 Å². The summed E-state index contributed by atoms with van der Waals surface area (Å²) in [6, 6.07) is 5.10. The lowest BCUT2D eigenvalue weighted by Gasteiger charge is -2.01. The second-order valence-electron chi connectivity index (χ2n) is 3.02. The highest BCUT2D eigenvalue weighted by molar-refractivity contribution is 6.33. The third-order valence-electron chi connectivity index (χ3n) is 1.98. The van der Waals surface area contributed by atoms with Crippen molar-refractivity contribution in [1.82, 2.24) is 4.98 Å². The summed E-state index contributed by atoms with van der Waals surface area (Å²) in [6.45, 7) is 1.65. The zero-order chi connectivity index (χ0) is 10.1. The van der Waals surface area contributed by atoms with Crippen molar-refractivity contribution in [3.8, 4) is 0 Å². The minimum absolute atomic E-state index is 0.107. The summed E-state index contributed by atoms with van der Waals surface area (Å²) in [6.07, 6.45) is 1.35. The molecule has 0 fully saturated rings. The maximum atomic E-state index is 11.5. The first kappa shape index (κ1) is 9.21. The molecule has 0 bridgehead atoms. The van der Waals surface area contributed by atoms with Crippen LogP contribution in [0.25, 0.3) is 11.1 Å². The van der Waals surface area contributed by atoms with E-state index in [-0.39, 0.29) is 5.78 Å². The van der Waals surface area contributed by atoms with E-state index < -0.39 is 5.38 Å². The number of nitrogens with zero attached hydrogens (tertiary/aromatic N) is 1. The quantitative estimate of drug-likeness (QED) is 0.564. The number of alkyl halides is 1. The van der Waals surface area contributed by atoms with Crippen LogP contribution < -0.4 is 0 Å². The lowest BCUT2D eigenvalue weighted by molar-refractivity contribution is 0.0992. The van der Waals surface area contributed by atoms with Gasteiger partial charge >= 0.3 is 0 Å². The highest BCUT2D eigenvalue weighted by atomic mass is 35.5. The molecule has 0 saturated carbocycles. The molecule has 1 aromatic carbocycles. The van der Waals surface area contributed by atoms with Crippen LogP contribution in [0.1, 0.15) is 17.3 Å². The number of halogens is 1. The molecule has 4 heteroatoms. The molecule has 0 amide bonds. The van der Waals surface area contributed by atoms with Gasteiger partial charge in [0.25, 0.3) is 0 Å². The molecular weight excluding hydrogens is 202 g/mol. The Bertz CT molecular complexity index is 476. The van der Waals surface area contributed by atoms with Crippen LogP contribution in [0.5, 0.6) is 0 Å². The maximum Gasteiger partial charge on any atom is 0.181 e. The Hall–Kier alpha value is -1.35. The lowest BCUT2D eigenvalue weighted by Crippen LogP contribution is -2.09. The fourth-order valence-electron chi connectivity index (χ4n) is 1.24. The topological polar surface area (TPSA) is 43.1 Å². The number of rotatable bonds is 2. The first-order valence-corrected chi connectivity index (χ1v) is 4.63. The Labute approximate surface area is 85.7 Å². The van der Waals surface area contributed by atoms with Gasteiger partial charge in [0.05, 0.1) is 5.38 Å². The van der Waals surface area contributed by atoms with Gasteiger partial charge in [-0.15, -0.1) is 11.6 Å². The summed E-state index contributed by atoms with van der Waals surface area (Å²) < 4.78 is 5.08. The van der Waals surface area contributed by atoms with Crippen molar-refractivity contribution in [3.05, 3.63) is 30.2 Å². The van der Waals surface area contributed by atoms with Crippen LogP contribution in [-0.4, -0.2) is 16.1 Å². The first-order valence-electron chi connectivity index (χ1n) is 4.20. The molecule has 0 N–H and O–H groups in total. The number of hydrogen-bond donors (Lipinski definition) is 0. The Morgan fingerprint density at radius 1 is 1.57 bits per heavy atom. The molecule has 0 saturated heterocycles. The Balaban J connectivity index is 2.48. The zero-order valence-electron chi connectivity index (χ0n) is 7.53. The van der Waals surface area contributed by atoms with Gasteiger partial charge < -0.3 is 4.42 Å². The van der Waals surface area contributed by atoms with Crippen molar-refractivity contribution < 1.29 is 9.21 Å². The molecule has 1 unspecified atom stereocenters. The molecule has 2 aromatic rings. The van der Waals surface area contributed by atoms with Gasteiger partial charge in [0.2, 0.25) is 0 Å². The normalized spacial score (nSPS) is 13.0. The third-order valence-corrected chi connectivity index (χ3v) is 2.18. The largest absolute Gasteiger partial charge is 0.443 e. The summed E-state index contributed by atoms with van der Waals surface area (Å²) in [5, 5.41) is -0.518. The standard InChI is InChI=1S/C10H8ClNO2/c1-6(11)10(13)7-2-3-8-9(4-7)14-5-12-8/h2-6H,1H3. The van der Waals surface area contributed by atoms with E-state index in [2.05, 4.69) is 4.98 Å². The van der Waals surface area contributed by atoms with Crippen LogP contribution in [0.2, 0.25) is 0 Å². The van der Waals surface area contributed by atoms with Crippen LogP contribution in [-0.2, 0) is 0 Å². The average Bonchev–Trinajstić information content (AvgIpc) is 2.62. The molecule has 2 rings (SSSR count). The molecule has 0 aliphatic carbocycles. The average molecular weight is 210 g/mol. The lowest BCUT2D eigenvalue weighted by atomic mass is 10.1. The predicted octanol–water partition coefficient (Wildman–Crippen LogP) is 2.64. The van der Waals surface area contributed by atoms with Crippen LogP contribution in [0.4, 0.5) is 0 Å².